The summed E-state index contributed by atoms with van der Waals surface area (Å²) in [6.45, 7) is 6.43. The van der Waals surface area contributed by atoms with E-state index in [1.165, 1.54) is 24.2 Å². The van der Waals surface area contributed by atoms with Crippen LogP contribution in [-0.2, 0) is 4.79 Å². The van der Waals surface area contributed by atoms with Crippen LogP contribution in [0.25, 0.3) is 0 Å². The first-order valence-corrected chi connectivity index (χ1v) is 9.29. The van der Waals surface area contributed by atoms with Crippen LogP contribution < -0.4 is 15.1 Å². The Labute approximate surface area is 144 Å². The average molecular weight is 332 g/mol. The van der Waals surface area contributed by atoms with E-state index >= 15 is 0 Å². The molecule has 0 radical (unpaired) electrons. The van der Waals surface area contributed by atoms with E-state index in [4.69, 9.17) is 0 Å². The van der Waals surface area contributed by atoms with Gasteiger partial charge in [-0.1, -0.05) is 31.9 Å². The summed E-state index contributed by atoms with van der Waals surface area (Å²) in [6, 6.07) is 7.85. The van der Waals surface area contributed by atoms with E-state index in [9.17, 15) is 9.90 Å². The maximum Gasteiger partial charge on any atom is 0.275 e. The molecule has 5 nitrogen and oxygen atoms in total. The lowest BCUT2D eigenvalue weighted by atomic mass is 9.86. The highest BCUT2D eigenvalue weighted by Gasteiger charge is 2.27. The number of nitrogens with zero attached hydrogens (tertiary/aromatic N) is 1. The lowest BCUT2D eigenvalue weighted by Crippen LogP contribution is -3.16. The zero-order chi connectivity index (χ0) is 16.9. The summed E-state index contributed by atoms with van der Waals surface area (Å²) in [5.41, 5.74) is 0.900. The molecule has 132 valence electrons. The van der Waals surface area contributed by atoms with E-state index < -0.39 is 0 Å². The lowest BCUT2D eigenvalue weighted by Gasteiger charge is -2.34. The fourth-order valence-corrected chi connectivity index (χ4v) is 3.99. The number of amides is 1. The Balaban J connectivity index is 1.45. The first kappa shape index (κ1) is 17.1. The molecule has 0 unspecified atom stereocenters. The summed E-state index contributed by atoms with van der Waals surface area (Å²) < 4.78 is 0. The topological polar surface area (TPSA) is 57.0 Å². The molecule has 1 saturated heterocycles. The monoisotopic (exact) mass is 332 g/mol. The number of phenols is 1. The first-order valence-electron chi connectivity index (χ1n) is 9.29. The quantitative estimate of drug-likeness (QED) is 0.764. The van der Waals surface area contributed by atoms with Crippen LogP contribution >= 0.6 is 0 Å². The lowest BCUT2D eigenvalue weighted by molar-refractivity contribution is -0.892. The van der Waals surface area contributed by atoms with E-state index in [2.05, 4.69) is 17.1 Å². The van der Waals surface area contributed by atoms with E-state index in [-0.39, 0.29) is 5.91 Å². The molecule has 2 fully saturated rings. The van der Waals surface area contributed by atoms with Gasteiger partial charge in [0.15, 0.2) is 6.54 Å². The summed E-state index contributed by atoms with van der Waals surface area (Å²) in [7, 11) is 0. The fourth-order valence-electron chi connectivity index (χ4n) is 3.99. The second-order valence-electron chi connectivity index (χ2n) is 7.34. The Hall–Kier alpha value is -1.75. The van der Waals surface area contributed by atoms with Crippen molar-refractivity contribution >= 4 is 11.6 Å². The largest absolute Gasteiger partial charge is 0.506 e. The summed E-state index contributed by atoms with van der Waals surface area (Å²) in [6.07, 6.45) is 4.90. The molecule has 24 heavy (non-hydrogen) atoms. The number of carbonyl (C=O) groups is 1. The highest BCUT2D eigenvalue weighted by Crippen LogP contribution is 2.26. The molecule has 5 heteroatoms. The van der Waals surface area contributed by atoms with Gasteiger partial charge >= 0.3 is 0 Å². The Bertz CT molecular complexity index is 555. The minimum atomic E-state index is 0.194. The normalized spacial score (nSPS) is 25.5. The molecule has 3 N–H and O–H groups in total. The smallest absolute Gasteiger partial charge is 0.275 e. The number of anilines is 1. The standard InChI is InChI=1S/C19H29N3O2/c1-15-6-2-3-7-16(15)20-19(24)14-21-10-12-22(13-11-21)17-8-4-5-9-18(17)23/h4-5,8-9,15-16,23H,2-3,6-7,10-14H2,1H3,(H,20,24)/p+1/t15-,16-/m1/s1. The van der Waals surface area contributed by atoms with Gasteiger partial charge in [0.25, 0.3) is 5.91 Å². The minimum Gasteiger partial charge on any atom is -0.506 e. The molecule has 0 spiro atoms. The van der Waals surface area contributed by atoms with Gasteiger partial charge in [-0.15, -0.1) is 0 Å². The zero-order valence-corrected chi connectivity index (χ0v) is 14.6. The Morgan fingerprint density at radius 3 is 2.67 bits per heavy atom. The van der Waals surface area contributed by atoms with Gasteiger partial charge in [-0.25, -0.2) is 0 Å². The Morgan fingerprint density at radius 2 is 1.96 bits per heavy atom. The Morgan fingerprint density at radius 1 is 1.25 bits per heavy atom. The van der Waals surface area contributed by atoms with E-state index in [1.807, 2.05) is 18.2 Å². The molecule has 2 atom stereocenters. The van der Waals surface area contributed by atoms with Crippen LogP contribution in [0.4, 0.5) is 5.69 Å². The number of carbonyl (C=O) groups excluding carboxylic acids is 1. The van der Waals surface area contributed by atoms with Crippen molar-refractivity contribution in [3.05, 3.63) is 24.3 Å². The second kappa shape index (κ2) is 7.88. The van der Waals surface area contributed by atoms with Crippen LogP contribution in [0.3, 0.4) is 0 Å². The van der Waals surface area contributed by atoms with Crippen molar-refractivity contribution in [2.75, 3.05) is 37.6 Å². The summed E-state index contributed by atoms with van der Waals surface area (Å²) in [5, 5.41) is 13.2. The molecule has 1 aliphatic heterocycles. The molecule has 1 aromatic carbocycles. The van der Waals surface area contributed by atoms with Gasteiger partial charge in [-0.2, -0.15) is 0 Å². The number of nitrogens with one attached hydrogen (secondary N) is 2. The van der Waals surface area contributed by atoms with Gasteiger partial charge in [-0.3, -0.25) is 4.79 Å². The number of aromatic hydroxyl groups is 1. The zero-order valence-electron chi connectivity index (χ0n) is 14.6. The Kier molecular flexibility index (Phi) is 5.61. The van der Waals surface area contributed by atoms with Crippen molar-refractivity contribution in [2.45, 2.75) is 38.6 Å². The number of para-hydroxylation sites is 2. The van der Waals surface area contributed by atoms with Gasteiger partial charge in [0, 0.05) is 6.04 Å². The maximum absolute atomic E-state index is 12.3. The summed E-state index contributed by atoms with van der Waals surface area (Å²) in [5.74, 6) is 1.14. The van der Waals surface area contributed by atoms with Crippen LogP contribution in [-0.4, -0.2) is 49.8 Å². The highest BCUT2D eigenvalue weighted by molar-refractivity contribution is 5.77. The molecule has 0 aromatic heterocycles. The van der Waals surface area contributed by atoms with Gasteiger partial charge < -0.3 is 20.2 Å². The number of hydrogen-bond acceptors (Lipinski definition) is 3. The molecule has 0 bridgehead atoms. The number of benzene rings is 1. The molecule has 1 heterocycles. The van der Waals surface area contributed by atoms with Crippen molar-refractivity contribution in [1.29, 1.82) is 0 Å². The van der Waals surface area contributed by atoms with Gasteiger partial charge in [0.1, 0.15) is 5.75 Å². The average Bonchev–Trinajstić information content (AvgIpc) is 2.58. The molecule has 1 amide bonds. The SMILES string of the molecule is C[C@@H]1CCCC[C@H]1NC(=O)C[NH+]1CCN(c2ccccc2O)CC1. The third-order valence-electron chi connectivity index (χ3n) is 5.56. The number of phenolic OH excluding ortho intramolecular Hbond substituents is 1. The van der Waals surface area contributed by atoms with Crippen molar-refractivity contribution in [1.82, 2.24) is 5.32 Å². The van der Waals surface area contributed by atoms with E-state index in [0.29, 0.717) is 24.3 Å². The van der Waals surface area contributed by atoms with Crippen LogP contribution in [0.15, 0.2) is 24.3 Å². The van der Waals surface area contributed by atoms with Crippen LogP contribution in [0.1, 0.15) is 32.6 Å². The maximum atomic E-state index is 12.3. The third-order valence-corrected chi connectivity index (χ3v) is 5.56. The van der Waals surface area contributed by atoms with Crippen LogP contribution in [0.5, 0.6) is 5.75 Å². The number of quaternary nitrogens is 1. The van der Waals surface area contributed by atoms with Gasteiger partial charge in [-0.05, 0) is 30.9 Å². The third kappa shape index (κ3) is 4.20. The first-order chi connectivity index (χ1) is 11.6. The van der Waals surface area contributed by atoms with Crippen molar-refractivity contribution in [3.63, 3.8) is 0 Å². The molecule has 1 saturated carbocycles. The summed E-state index contributed by atoms with van der Waals surface area (Å²) in [4.78, 5) is 15.9. The van der Waals surface area contributed by atoms with Crippen LogP contribution in [0.2, 0.25) is 0 Å². The molecule has 3 rings (SSSR count). The number of rotatable bonds is 4. The van der Waals surface area contributed by atoms with Crippen LogP contribution in [0, 0.1) is 5.92 Å². The fraction of sp³-hybridized carbons (Fsp3) is 0.632. The molecule has 1 aliphatic carbocycles. The van der Waals surface area contributed by atoms with Crippen molar-refractivity contribution in [3.8, 4) is 5.75 Å². The van der Waals surface area contributed by atoms with Gasteiger partial charge in [0.2, 0.25) is 0 Å². The number of piperazine rings is 1. The second-order valence-corrected chi connectivity index (χ2v) is 7.34. The predicted molar refractivity (Wildman–Crippen MR) is 95.4 cm³/mol. The minimum absolute atomic E-state index is 0.194. The van der Waals surface area contributed by atoms with Gasteiger partial charge in [0.05, 0.1) is 31.9 Å². The predicted octanol–water partition coefficient (Wildman–Crippen LogP) is 0.792. The molecule has 2 aliphatic rings. The summed E-state index contributed by atoms with van der Waals surface area (Å²) >= 11 is 0. The van der Waals surface area contributed by atoms with Crippen molar-refractivity contribution in [2.24, 2.45) is 5.92 Å². The molecular weight excluding hydrogens is 302 g/mol. The van der Waals surface area contributed by atoms with E-state index in [0.717, 1.165) is 38.3 Å². The highest BCUT2D eigenvalue weighted by atomic mass is 16.3. The molecule has 1 aromatic rings. The van der Waals surface area contributed by atoms with Crippen molar-refractivity contribution < 1.29 is 14.8 Å². The van der Waals surface area contributed by atoms with E-state index in [1.54, 1.807) is 6.07 Å². The molecular formula is C19H30N3O2+. The number of hydrogen-bond donors (Lipinski definition) is 3.